The largest absolute Gasteiger partial charge is 0.489 e. The van der Waals surface area contributed by atoms with Crippen molar-refractivity contribution in [2.45, 2.75) is 20.0 Å². The quantitative estimate of drug-likeness (QED) is 0.446. The summed E-state index contributed by atoms with van der Waals surface area (Å²) in [6.45, 7) is 3.93. The molecule has 0 bridgehead atoms. The van der Waals surface area contributed by atoms with Gasteiger partial charge in [-0.2, -0.15) is 5.10 Å². The van der Waals surface area contributed by atoms with Crippen LogP contribution >= 0.6 is 22.9 Å². The van der Waals surface area contributed by atoms with E-state index in [1.807, 2.05) is 67.8 Å². The van der Waals surface area contributed by atoms with Crippen molar-refractivity contribution in [1.82, 2.24) is 4.98 Å². The van der Waals surface area contributed by atoms with Crippen LogP contribution in [0.1, 0.15) is 19.4 Å². The lowest BCUT2D eigenvalue weighted by Gasteiger charge is -2.11. The number of ether oxygens (including phenoxy) is 1. The summed E-state index contributed by atoms with van der Waals surface area (Å²) < 4.78 is 5.62. The normalized spacial score (nSPS) is 11.2. The van der Waals surface area contributed by atoms with E-state index in [1.165, 1.54) is 11.3 Å². The zero-order chi connectivity index (χ0) is 17.6. The lowest BCUT2D eigenvalue weighted by atomic mass is 10.2. The van der Waals surface area contributed by atoms with Crippen LogP contribution in [0.2, 0.25) is 5.02 Å². The van der Waals surface area contributed by atoms with Crippen LogP contribution in [0.4, 0.5) is 5.13 Å². The zero-order valence-electron chi connectivity index (χ0n) is 13.9. The third-order valence-electron chi connectivity index (χ3n) is 3.27. The minimum atomic E-state index is 0.0856. The molecule has 3 rings (SSSR count). The van der Waals surface area contributed by atoms with Gasteiger partial charge in [-0.05, 0) is 37.6 Å². The molecule has 25 heavy (non-hydrogen) atoms. The van der Waals surface area contributed by atoms with E-state index in [4.69, 9.17) is 16.3 Å². The Bertz CT molecular complexity index is 862. The first-order valence-electron chi connectivity index (χ1n) is 7.88. The molecule has 4 nitrogen and oxygen atoms in total. The smallest absolute Gasteiger partial charge is 0.203 e. The minimum Gasteiger partial charge on any atom is -0.489 e. The summed E-state index contributed by atoms with van der Waals surface area (Å²) in [5, 5.41) is 7.53. The molecule has 0 aliphatic carbocycles. The molecule has 0 aliphatic rings. The van der Waals surface area contributed by atoms with E-state index in [9.17, 15) is 0 Å². The fourth-order valence-electron chi connectivity index (χ4n) is 2.18. The molecule has 0 aliphatic heterocycles. The monoisotopic (exact) mass is 371 g/mol. The van der Waals surface area contributed by atoms with Gasteiger partial charge in [-0.15, -0.1) is 11.3 Å². The molecule has 1 aromatic heterocycles. The standard InChI is InChI=1S/C19H18ClN3OS/c1-13(2)24-18-9-8-14(10-16(18)20)11-21-23-19-22-17(12-25-19)15-6-4-3-5-7-15/h3-13H,1-2H3,(H,22,23)/b21-11-. The third-order valence-corrected chi connectivity index (χ3v) is 4.31. The van der Waals surface area contributed by atoms with Gasteiger partial charge < -0.3 is 4.74 Å². The average Bonchev–Trinajstić information content (AvgIpc) is 3.07. The number of nitrogens with zero attached hydrogens (tertiary/aromatic N) is 2. The van der Waals surface area contributed by atoms with Crippen molar-refractivity contribution >= 4 is 34.3 Å². The van der Waals surface area contributed by atoms with Crippen molar-refractivity contribution in [1.29, 1.82) is 0 Å². The maximum Gasteiger partial charge on any atom is 0.203 e. The highest BCUT2D eigenvalue weighted by Gasteiger charge is 2.05. The molecule has 1 heterocycles. The number of rotatable bonds is 6. The van der Waals surface area contributed by atoms with Gasteiger partial charge in [0.15, 0.2) is 0 Å². The maximum atomic E-state index is 6.22. The minimum absolute atomic E-state index is 0.0856. The lowest BCUT2D eigenvalue weighted by Crippen LogP contribution is -2.05. The highest BCUT2D eigenvalue weighted by molar-refractivity contribution is 7.14. The van der Waals surface area contributed by atoms with Crippen LogP contribution < -0.4 is 10.2 Å². The van der Waals surface area contributed by atoms with Crippen LogP contribution in [0.15, 0.2) is 59.0 Å². The van der Waals surface area contributed by atoms with Gasteiger partial charge in [0.05, 0.1) is 23.0 Å². The fraction of sp³-hybridized carbons (Fsp3) is 0.158. The maximum absolute atomic E-state index is 6.22. The second kappa shape index (κ2) is 8.14. The first kappa shape index (κ1) is 17.5. The molecule has 0 unspecified atom stereocenters. The average molecular weight is 372 g/mol. The Kier molecular flexibility index (Phi) is 5.68. The Balaban J connectivity index is 1.64. The third kappa shape index (κ3) is 4.81. The lowest BCUT2D eigenvalue weighted by molar-refractivity contribution is 0.242. The number of halogens is 1. The number of hydrogen-bond acceptors (Lipinski definition) is 5. The number of hydrazone groups is 1. The van der Waals surface area contributed by atoms with Gasteiger partial charge in [0.2, 0.25) is 5.13 Å². The SMILES string of the molecule is CC(C)Oc1ccc(/C=N\Nc2nc(-c3ccccc3)cs2)cc1Cl. The van der Waals surface area contributed by atoms with E-state index in [0.717, 1.165) is 22.0 Å². The van der Waals surface area contributed by atoms with Crippen molar-refractivity contribution in [3.05, 3.63) is 64.5 Å². The van der Waals surface area contributed by atoms with E-state index in [2.05, 4.69) is 15.5 Å². The summed E-state index contributed by atoms with van der Waals surface area (Å²) in [7, 11) is 0. The summed E-state index contributed by atoms with van der Waals surface area (Å²) in [5.74, 6) is 0.675. The second-order valence-corrected chi connectivity index (χ2v) is 6.90. The number of nitrogens with one attached hydrogen (secondary N) is 1. The highest BCUT2D eigenvalue weighted by atomic mass is 35.5. The number of hydrogen-bond donors (Lipinski definition) is 1. The van der Waals surface area contributed by atoms with Gasteiger partial charge in [-0.1, -0.05) is 41.9 Å². The molecule has 0 fully saturated rings. The van der Waals surface area contributed by atoms with Crippen molar-refractivity contribution in [3.63, 3.8) is 0 Å². The summed E-state index contributed by atoms with van der Waals surface area (Å²) in [4.78, 5) is 4.52. The van der Waals surface area contributed by atoms with Crippen LogP contribution in [-0.4, -0.2) is 17.3 Å². The number of benzene rings is 2. The Labute approximate surface area is 156 Å². The van der Waals surface area contributed by atoms with Crippen LogP contribution in [-0.2, 0) is 0 Å². The zero-order valence-corrected chi connectivity index (χ0v) is 15.5. The van der Waals surface area contributed by atoms with E-state index >= 15 is 0 Å². The summed E-state index contributed by atoms with van der Waals surface area (Å²) >= 11 is 7.73. The second-order valence-electron chi connectivity index (χ2n) is 5.63. The van der Waals surface area contributed by atoms with Crippen molar-refractivity contribution in [2.75, 3.05) is 5.43 Å². The number of thiazole rings is 1. The van der Waals surface area contributed by atoms with Gasteiger partial charge in [-0.3, -0.25) is 5.43 Å². The summed E-state index contributed by atoms with van der Waals surface area (Å²) in [6, 6.07) is 15.6. The van der Waals surface area contributed by atoms with E-state index in [0.29, 0.717) is 10.8 Å². The van der Waals surface area contributed by atoms with Gasteiger partial charge in [0.1, 0.15) is 5.75 Å². The Hall–Kier alpha value is -2.37. The first-order valence-corrected chi connectivity index (χ1v) is 9.14. The molecule has 1 N–H and O–H groups in total. The Morgan fingerprint density at radius 3 is 2.72 bits per heavy atom. The first-order chi connectivity index (χ1) is 12.1. The van der Waals surface area contributed by atoms with Crippen molar-refractivity contribution < 1.29 is 4.74 Å². The van der Waals surface area contributed by atoms with Gasteiger partial charge in [0, 0.05) is 10.9 Å². The van der Waals surface area contributed by atoms with Gasteiger partial charge in [0.25, 0.3) is 0 Å². The molecule has 128 valence electrons. The van der Waals surface area contributed by atoms with Gasteiger partial charge >= 0.3 is 0 Å². The van der Waals surface area contributed by atoms with Crippen LogP contribution in [0.3, 0.4) is 0 Å². The van der Waals surface area contributed by atoms with E-state index < -0.39 is 0 Å². The molecule has 0 atom stereocenters. The Morgan fingerprint density at radius 1 is 1.20 bits per heavy atom. The van der Waals surface area contributed by atoms with E-state index in [1.54, 1.807) is 6.21 Å². The number of anilines is 1. The molecule has 0 saturated carbocycles. The van der Waals surface area contributed by atoms with E-state index in [-0.39, 0.29) is 6.10 Å². The molecular weight excluding hydrogens is 354 g/mol. The van der Waals surface area contributed by atoms with Crippen LogP contribution in [0.5, 0.6) is 5.75 Å². The van der Waals surface area contributed by atoms with Crippen molar-refractivity contribution in [3.8, 4) is 17.0 Å². The fourth-order valence-corrected chi connectivity index (χ4v) is 3.08. The van der Waals surface area contributed by atoms with Gasteiger partial charge in [-0.25, -0.2) is 4.98 Å². The molecule has 0 amide bonds. The predicted octanol–water partition coefficient (Wildman–Crippen LogP) is 5.70. The van der Waals surface area contributed by atoms with Crippen LogP contribution in [0.25, 0.3) is 11.3 Å². The molecule has 0 saturated heterocycles. The molecule has 2 aromatic carbocycles. The topological polar surface area (TPSA) is 46.5 Å². The molecule has 3 aromatic rings. The highest BCUT2D eigenvalue weighted by Crippen LogP contribution is 2.26. The molecule has 0 spiro atoms. The summed E-state index contributed by atoms with van der Waals surface area (Å²) in [5.41, 5.74) is 5.85. The summed E-state index contributed by atoms with van der Waals surface area (Å²) in [6.07, 6.45) is 1.79. The molecule has 0 radical (unpaired) electrons. The Morgan fingerprint density at radius 2 is 2.00 bits per heavy atom. The molecule has 6 heteroatoms. The number of aromatic nitrogens is 1. The predicted molar refractivity (Wildman–Crippen MR) is 106 cm³/mol. The molecular formula is C19H18ClN3OS. The van der Waals surface area contributed by atoms with Crippen molar-refractivity contribution in [2.24, 2.45) is 5.10 Å². The van der Waals surface area contributed by atoms with Crippen LogP contribution in [0, 0.1) is 0 Å².